The fourth-order valence-electron chi connectivity index (χ4n) is 4.41. The number of rotatable bonds is 5. The molecule has 32 heavy (non-hydrogen) atoms. The zero-order valence-electron chi connectivity index (χ0n) is 17.2. The Kier molecular flexibility index (Phi) is 4.83. The standard InChI is InChI=1S/C27H20FNO3/c28-21-14-12-19(13-15-21)25(30)16-27(32)23-10-3-4-11-24(23)29(26(27)31)17-20-8-5-7-18-6-1-2-9-22(18)20/h1-15,32H,16-17H2/t27-/m1/s1. The Labute approximate surface area is 184 Å². The van der Waals surface area contributed by atoms with Crippen molar-refractivity contribution in [2.75, 3.05) is 4.90 Å². The Morgan fingerprint density at radius 1 is 0.875 bits per heavy atom. The molecule has 0 spiro atoms. The summed E-state index contributed by atoms with van der Waals surface area (Å²) in [4.78, 5) is 27.9. The van der Waals surface area contributed by atoms with Crippen LogP contribution in [0.2, 0.25) is 0 Å². The molecule has 0 saturated carbocycles. The highest BCUT2D eigenvalue weighted by atomic mass is 19.1. The molecule has 5 heteroatoms. The molecule has 4 aromatic rings. The van der Waals surface area contributed by atoms with E-state index in [1.807, 2.05) is 42.5 Å². The van der Waals surface area contributed by atoms with Crippen LogP contribution < -0.4 is 4.90 Å². The summed E-state index contributed by atoms with van der Waals surface area (Å²) < 4.78 is 13.2. The number of nitrogens with zero attached hydrogens (tertiary/aromatic N) is 1. The van der Waals surface area contributed by atoms with Gasteiger partial charge in [-0.15, -0.1) is 0 Å². The van der Waals surface area contributed by atoms with Crippen LogP contribution in [-0.2, 0) is 16.9 Å². The zero-order chi connectivity index (χ0) is 22.3. The molecular weight excluding hydrogens is 405 g/mol. The summed E-state index contributed by atoms with van der Waals surface area (Å²) in [6.07, 6.45) is -0.416. The molecule has 0 radical (unpaired) electrons. The third-order valence-electron chi connectivity index (χ3n) is 6.03. The summed E-state index contributed by atoms with van der Waals surface area (Å²) in [6, 6.07) is 25.9. The molecule has 1 heterocycles. The Hall–Kier alpha value is -3.83. The van der Waals surface area contributed by atoms with Crippen LogP contribution in [0, 0.1) is 5.82 Å². The predicted molar refractivity (Wildman–Crippen MR) is 121 cm³/mol. The zero-order valence-corrected chi connectivity index (χ0v) is 17.2. The molecule has 5 rings (SSSR count). The summed E-state index contributed by atoms with van der Waals surface area (Å²) in [5.41, 5.74) is 0.200. The third-order valence-corrected chi connectivity index (χ3v) is 6.03. The topological polar surface area (TPSA) is 57.6 Å². The van der Waals surface area contributed by atoms with Gasteiger partial charge in [-0.25, -0.2) is 4.39 Å². The van der Waals surface area contributed by atoms with Gasteiger partial charge >= 0.3 is 0 Å². The summed E-state index contributed by atoms with van der Waals surface area (Å²) in [7, 11) is 0. The van der Waals surface area contributed by atoms with Gasteiger partial charge in [0.15, 0.2) is 11.4 Å². The van der Waals surface area contributed by atoms with Gasteiger partial charge in [-0.05, 0) is 46.7 Å². The lowest BCUT2D eigenvalue weighted by atomic mass is 9.88. The van der Waals surface area contributed by atoms with Gasteiger partial charge < -0.3 is 10.0 Å². The van der Waals surface area contributed by atoms with Crippen molar-refractivity contribution in [3.8, 4) is 0 Å². The minimum Gasteiger partial charge on any atom is -0.375 e. The van der Waals surface area contributed by atoms with Crippen molar-refractivity contribution in [1.82, 2.24) is 0 Å². The molecule has 0 bridgehead atoms. The first-order valence-corrected chi connectivity index (χ1v) is 10.4. The normalized spacial score (nSPS) is 17.6. The molecule has 1 aliphatic rings. The van der Waals surface area contributed by atoms with Crippen LogP contribution in [0.3, 0.4) is 0 Å². The average Bonchev–Trinajstić information content (AvgIpc) is 3.01. The quantitative estimate of drug-likeness (QED) is 0.459. The second-order valence-corrected chi connectivity index (χ2v) is 8.01. The number of Topliss-reactive ketones (excluding diaryl/α,β-unsaturated/α-hetero) is 1. The maximum atomic E-state index is 13.5. The van der Waals surface area contributed by atoms with Crippen LogP contribution in [0.5, 0.6) is 0 Å². The number of halogens is 1. The Morgan fingerprint density at radius 3 is 2.38 bits per heavy atom. The van der Waals surface area contributed by atoms with Gasteiger partial charge in [0.2, 0.25) is 0 Å². The summed E-state index contributed by atoms with van der Waals surface area (Å²) in [5, 5.41) is 13.6. The molecule has 1 N–H and O–H groups in total. The molecule has 1 aliphatic heterocycles. The Morgan fingerprint density at radius 2 is 1.56 bits per heavy atom. The van der Waals surface area contributed by atoms with E-state index in [4.69, 9.17) is 0 Å². The maximum Gasteiger partial charge on any atom is 0.264 e. The van der Waals surface area contributed by atoms with Crippen molar-refractivity contribution in [2.45, 2.75) is 18.6 Å². The van der Waals surface area contributed by atoms with Crippen LogP contribution >= 0.6 is 0 Å². The van der Waals surface area contributed by atoms with Gasteiger partial charge in [-0.2, -0.15) is 0 Å². The highest BCUT2D eigenvalue weighted by Gasteiger charge is 2.50. The van der Waals surface area contributed by atoms with Crippen LogP contribution in [-0.4, -0.2) is 16.8 Å². The number of hydrogen-bond acceptors (Lipinski definition) is 3. The van der Waals surface area contributed by atoms with Gasteiger partial charge in [-0.3, -0.25) is 9.59 Å². The number of para-hydroxylation sites is 1. The third kappa shape index (κ3) is 3.27. The molecule has 0 unspecified atom stereocenters. The average molecular weight is 425 g/mol. The van der Waals surface area contributed by atoms with E-state index in [2.05, 4.69) is 0 Å². The SMILES string of the molecule is O=C(C[C@]1(O)C(=O)N(Cc2cccc3ccccc23)c2ccccc21)c1ccc(F)cc1. The second kappa shape index (κ2) is 7.70. The molecule has 1 atom stereocenters. The number of hydrogen-bond donors (Lipinski definition) is 1. The lowest BCUT2D eigenvalue weighted by Gasteiger charge is -2.23. The smallest absolute Gasteiger partial charge is 0.264 e. The van der Waals surface area contributed by atoms with Crippen LogP contribution in [0.15, 0.2) is 91.0 Å². The van der Waals surface area contributed by atoms with Crippen molar-refractivity contribution in [2.24, 2.45) is 0 Å². The first-order valence-electron chi connectivity index (χ1n) is 10.4. The van der Waals surface area contributed by atoms with E-state index in [0.29, 0.717) is 11.3 Å². The molecule has 4 aromatic carbocycles. The summed E-state index contributed by atoms with van der Waals surface area (Å²) >= 11 is 0. The lowest BCUT2D eigenvalue weighted by molar-refractivity contribution is -0.136. The van der Waals surface area contributed by atoms with Crippen molar-refractivity contribution in [1.29, 1.82) is 0 Å². The second-order valence-electron chi connectivity index (χ2n) is 8.01. The number of aliphatic hydroxyl groups is 1. The minimum absolute atomic E-state index is 0.248. The number of amides is 1. The number of carbonyl (C=O) groups is 2. The Bertz CT molecular complexity index is 1340. The van der Waals surface area contributed by atoms with Crippen LogP contribution in [0.4, 0.5) is 10.1 Å². The van der Waals surface area contributed by atoms with Gasteiger partial charge in [-0.1, -0.05) is 60.7 Å². The monoisotopic (exact) mass is 425 g/mol. The van der Waals surface area contributed by atoms with E-state index in [1.165, 1.54) is 29.2 Å². The van der Waals surface area contributed by atoms with Crippen molar-refractivity contribution >= 4 is 28.2 Å². The van der Waals surface area contributed by atoms with Crippen molar-refractivity contribution in [3.05, 3.63) is 114 Å². The number of ketones is 1. The largest absolute Gasteiger partial charge is 0.375 e. The van der Waals surface area contributed by atoms with E-state index in [9.17, 15) is 19.1 Å². The number of benzene rings is 4. The van der Waals surface area contributed by atoms with Gasteiger partial charge in [0, 0.05) is 11.1 Å². The summed E-state index contributed by atoms with van der Waals surface area (Å²) in [5.74, 6) is -1.42. The van der Waals surface area contributed by atoms with Gasteiger partial charge in [0.1, 0.15) is 5.82 Å². The van der Waals surface area contributed by atoms with E-state index in [1.54, 1.807) is 24.3 Å². The van der Waals surface area contributed by atoms with E-state index < -0.39 is 29.5 Å². The minimum atomic E-state index is -1.98. The van der Waals surface area contributed by atoms with Crippen LogP contribution in [0.1, 0.15) is 27.9 Å². The molecule has 158 valence electrons. The molecule has 0 fully saturated rings. The van der Waals surface area contributed by atoms with Gasteiger partial charge in [0.25, 0.3) is 5.91 Å². The van der Waals surface area contributed by atoms with E-state index in [0.717, 1.165) is 16.3 Å². The van der Waals surface area contributed by atoms with E-state index in [-0.39, 0.29) is 12.1 Å². The summed E-state index contributed by atoms with van der Waals surface area (Å²) in [6.45, 7) is 0.268. The highest BCUT2D eigenvalue weighted by molar-refractivity contribution is 6.11. The first-order chi connectivity index (χ1) is 15.5. The highest BCUT2D eigenvalue weighted by Crippen LogP contribution is 2.43. The lowest BCUT2D eigenvalue weighted by Crippen LogP contribution is -2.41. The molecule has 0 aromatic heterocycles. The number of anilines is 1. The predicted octanol–water partition coefficient (Wildman–Crippen LogP) is 4.99. The number of carbonyl (C=O) groups excluding carboxylic acids is 2. The first kappa shape index (κ1) is 20.1. The molecular formula is C27H20FNO3. The van der Waals surface area contributed by atoms with Gasteiger partial charge in [0.05, 0.1) is 18.7 Å². The number of fused-ring (bicyclic) bond motifs is 2. The molecule has 0 saturated heterocycles. The molecule has 1 amide bonds. The van der Waals surface area contributed by atoms with Crippen LogP contribution in [0.25, 0.3) is 10.8 Å². The Balaban J connectivity index is 1.51. The molecule has 0 aliphatic carbocycles. The molecule has 4 nitrogen and oxygen atoms in total. The fraction of sp³-hybridized carbons (Fsp3) is 0.111. The van der Waals surface area contributed by atoms with Crippen molar-refractivity contribution in [3.63, 3.8) is 0 Å². The van der Waals surface area contributed by atoms with E-state index >= 15 is 0 Å². The maximum absolute atomic E-state index is 13.5. The fourth-order valence-corrected chi connectivity index (χ4v) is 4.41. The van der Waals surface area contributed by atoms with Crippen molar-refractivity contribution < 1.29 is 19.1 Å².